The Morgan fingerprint density at radius 2 is 2.31 bits per heavy atom. The smallest absolute Gasteiger partial charge is 0.230 e. The van der Waals surface area contributed by atoms with Gasteiger partial charge in [0.2, 0.25) is 5.91 Å². The number of hydrogen-bond acceptors (Lipinski definition) is 3. The van der Waals surface area contributed by atoms with Crippen LogP contribution >= 0.6 is 11.3 Å². The van der Waals surface area contributed by atoms with Crippen LogP contribution in [0.15, 0.2) is 16.8 Å². The highest BCUT2D eigenvalue weighted by Crippen LogP contribution is 2.34. The Morgan fingerprint density at radius 3 is 2.88 bits per heavy atom. The summed E-state index contributed by atoms with van der Waals surface area (Å²) < 4.78 is 0. The van der Waals surface area contributed by atoms with E-state index in [1.165, 1.54) is 0 Å². The first kappa shape index (κ1) is 11.6. The first-order chi connectivity index (χ1) is 7.77. The fraction of sp³-hybridized carbons (Fsp3) is 0.583. The predicted molar refractivity (Wildman–Crippen MR) is 67.8 cm³/mol. The molecule has 2 heterocycles. The molecule has 2 N–H and O–H groups in total. The molecule has 1 amide bonds. The van der Waals surface area contributed by atoms with Crippen LogP contribution in [-0.4, -0.2) is 19.0 Å². The Bertz CT molecular complexity index is 342. The van der Waals surface area contributed by atoms with Crippen molar-refractivity contribution in [3.63, 3.8) is 0 Å². The third-order valence-corrected chi connectivity index (χ3v) is 4.18. The number of nitrogens with one attached hydrogen (secondary N) is 2. The molecule has 0 bridgehead atoms. The molecule has 0 aliphatic carbocycles. The van der Waals surface area contributed by atoms with Gasteiger partial charge in [0.05, 0.1) is 11.1 Å². The summed E-state index contributed by atoms with van der Waals surface area (Å²) in [7, 11) is 0. The number of thiophene rings is 1. The molecule has 1 aliphatic heterocycles. The minimum atomic E-state index is -0.160. The Hall–Kier alpha value is -0.870. The van der Waals surface area contributed by atoms with Gasteiger partial charge in [-0.1, -0.05) is 6.92 Å². The summed E-state index contributed by atoms with van der Waals surface area (Å²) in [4.78, 5) is 12.3. The van der Waals surface area contributed by atoms with Crippen LogP contribution in [0.5, 0.6) is 0 Å². The van der Waals surface area contributed by atoms with Gasteiger partial charge in [0.1, 0.15) is 0 Å². The van der Waals surface area contributed by atoms with Gasteiger partial charge in [-0.25, -0.2) is 0 Å². The van der Waals surface area contributed by atoms with Crippen molar-refractivity contribution in [3.8, 4) is 0 Å². The molecule has 3 nitrogen and oxygen atoms in total. The van der Waals surface area contributed by atoms with Gasteiger partial charge in [-0.3, -0.25) is 4.79 Å². The van der Waals surface area contributed by atoms with Crippen molar-refractivity contribution in [1.29, 1.82) is 0 Å². The minimum Gasteiger partial charge on any atom is -0.325 e. The predicted octanol–water partition coefficient (Wildman–Crippen LogP) is 2.47. The maximum absolute atomic E-state index is 12.3. The molecule has 0 spiro atoms. The second-order valence-corrected chi connectivity index (χ2v) is 5.13. The highest BCUT2D eigenvalue weighted by molar-refractivity contribution is 7.08. The van der Waals surface area contributed by atoms with Gasteiger partial charge in [0, 0.05) is 5.38 Å². The highest BCUT2D eigenvalue weighted by atomic mass is 32.1. The molecular weight excluding hydrogens is 220 g/mol. The first-order valence-electron chi connectivity index (χ1n) is 5.81. The van der Waals surface area contributed by atoms with Gasteiger partial charge in [0.15, 0.2) is 0 Å². The molecule has 0 atom stereocenters. The Morgan fingerprint density at radius 1 is 1.56 bits per heavy atom. The molecule has 1 saturated heterocycles. The van der Waals surface area contributed by atoms with Crippen LogP contribution in [0.3, 0.4) is 0 Å². The molecule has 88 valence electrons. The molecule has 1 aliphatic rings. The maximum Gasteiger partial charge on any atom is 0.230 e. The molecule has 0 radical (unpaired) electrons. The number of rotatable bonds is 3. The van der Waals surface area contributed by atoms with Crippen LogP contribution in [0.4, 0.5) is 5.69 Å². The standard InChI is InChI=1S/C12H18N2OS/c1-2-12(4-6-13-7-5-12)11(15)14-10-3-8-16-9-10/h3,8-9,13H,2,4-7H2,1H3,(H,14,15). The van der Waals surface area contributed by atoms with Crippen molar-refractivity contribution in [2.75, 3.05) is 18.4 Å². The molecule has 2 rings (SSSR count). The van der Waals surface area contributed by atoms with Crippen molar-refractivity contribution < 1.29 is 4.79 Å². The number of piperidine rings is 1. The summed E-state index contributed by atoms with van der Waals surface area (Å²) in [6, 6.07) is 1.95. The second kappa shape index (κ2) is 4.97. The molecule has 0 aromatic carbocycles. The van der Waals surface area contributed by atoms with E-state index in [0.717, 1.165) is 38.0 Å². The lowest BCUT2D eigenvalue weighted by atomic mass is 9.76. The Kier molecular flexibility index (Phi) is 3.61. The highest BCUT2D eigenvalue weighted by Gasteiger charge is 2.37. The van der Waals surface area contributed by atoms with Gasteiger partial charge < -0.3 is 10.6 Å². The van der Waals surface area contributed by atoms with Crippen molar-refractivity contribution in [2.45, 2.75) is 26.2 Å². The van der Waals surface area contributed by atoms with E-state index in [4.69, 9.17) is 0 Å². The molecule has 16 heavy (non-hydrogen) atoms. The van der Waals surface area contributed by atoms with Crippen LogP contribution in [0, 0.1) is 5.41 Å². The van der Waals surface area contributed by atoms with Crippen molar-refractivity contribution in [2.24, 2.45) is 5.41 Å². The fourth-order valence-electron chi connectivity index (χ4n) is 2.25. The molecule has 1 aromatic rings. The third kappa shape index (κ3) is 2.28. The second-order valence-electron chi connectivity index (χ2n) is 4.35. The van der Waals surface area contributed by atoms with E-state index < -0.39 is 0 Å². The van der Waals surface area contributed by atoms with E-state index in [1.54, 1.807) is 11.3 Å². The monoisotopic (exact) mass is 238 g/mol. The van der Waals surface area contributed by atoms with E-state index in [2.05, 4.69) is 17.6 Å². The molecule has 4 heteroatoms. The van der Waals surface area contributed by atoms with Crippen molar-refractivity contribution in [3.05, 3.63) is 16.8 Å². The molecule has 1 fully saturated rings. The normalized spacial score (nSPS) is 19.3. The summed E-state index contributed by atoms with van der Waals surface area (Å²) in [5.74, 6) is 0.190. The first-order valence-corrected chi connectivity index (χ1v) is 6.75. The zero-order valence-corrected chi connectivity index (χ0v) is 10.4. The molecule has 0 unspecified atom stereocenters. The number of carbonyl (C=O) groups is 1. The summed E-state index contributed by atoms with van der Waals surface area (Å²) in [6.45, 7) is 4.01. The number of amides is 1. The summed E-state index contributed by atoms with van der Waals surface area (Å²) >= 11 is 1.61. The van der Waals surface area contributed by atoms with Crippen LogP contribution in [0.25, 0.3) is 0 Å². The van der Waals surface area contributed by atoms with Gasteiger partial charge in [-0.15, -0.1) is 0 Å². The number of anilines is 1. The van der Waals surface area contributed by atoms with Gasteiger partial charge in [-0.2, -0.15) is 11.3 Å². The quantitative estimate of drug-likeness (QED) is 0.849. The van der Waals surface area contributed by atoms with Gasteiger partial charge >= 0.3 is 0 Å². The summed E-state index contributed by atoms with van der Waals surface area (Å²) in [6.07, 6.45) is 2.81. The summed E-state index contributed by atoms with van der Waals surface area (Å²) in [5, 5.41) is 10.3. The van der Waals surface area contributed by atoms with E-state index in [9.17, 15) is 4.79 Å². The van der Waals surface area contributed by atoms with Crippen molar-refractivity contribution in [1.82, 2.24) is 5.32 Å². The van der Waals surface area contributed by atoms with Crippen LogP contribution in [-0.2, 0) is 4.79 Å². The van der Waals surface area contributed by atoms with Crippen molar-refractivity contribution >= 4 is 22.9 Å². The minimum absolute atomic E-state index is 0.160. The third-order valence-electron chi connectivity index (χ3n) is 3.50. The number of hydrogen-bond donors (Lipinski definition) is 2. The average molecular weight is 238 g/mol. The van der Waals surface area contributed by atoms with E-state index in [-0.39, 0.29) is 11.3 Å². The molecule has 1 aromatic heterocycles. The lowest BCUT2D eigenvalue weighted by Crippen LogP contribution is -2.44. The van der Waals surface area contributed by atoms with Gasteiger partial charge in [0.25, 0.3) is 0 Å². The largest absolute Gasteiger partial charge is 0.325 e. The number of carbonyl (C=O) groups excluding carboxylic acids is 1. The zero-order chi connectivity index (χ0) is 11.4. The van der Waals surface area contributed by atoms with E-state index >= 15 is 0 Å². The van der Waals surface area contributed by atoms with Crippen LogP contribution in [0.1, 0.15) is 26.2 Å². The Labute approximate surface area is 100 Å². The molecule has 0 saturated carbocycles. The average Bonchev–Trinajstić information content (AvgIpc) is 2.82. The Balaban J connectivity index is 2.06. The lowest BCUT2D eigenvalue weighted by Gasteiger charge is -2.35. The van der Waals surface area contributed by atoms with Crippen LogP contribution in [0.2, 0.25) is 0 Å². The molecular formula is C12H18N2OS. The topological polar surface area (TPSA) is 41.1 Å². The van der Waals surface area contributed by atoms with E-state index in [1.807, 2.05) is 16.8 Å². The fourth-order valence-corrected chi connectivity index (χ4v) is 2.83. The summed E-state index contributed by atoms with van der Waals surface area (Å²) in [5.41, 5.74) is 0.772. The van der Waals surface area contributed by atoms with E-state index in [0.29, 0.717) is 0 Å². The van der Waals surface area contributed by atoms with Gasteiger partial charge in [-0.05, 0) is 43.8 Å². The SMILES string of the molecule is CCC1(C(=O)Nc2ccsc2)CCNCC1. The van der Waals surface area contributed by atoms with Crippen LogP contribution < -0.4 is 10.6 Å². The maximum atomic E-state index is 12.3. The zero-order valence-electron chi connectivity index (χ0n) is 9.58. The lowest BCUT2D eigenvalue weighted by molar-refractivity contribution is -0.127.